The minimum Gasteiger partial charge on any atom is -0.490 e. The van der Waals surface area contributed by atoms with Gasteiger partial charge in [0.05, 0.1) is 25.6 Å². The lowest BCUT2D eigenvalue weighted by Gasteiger charge is -2.40. The lowest BCUT2D eigenvalue weighted by atomic mass is 9.76. The van der Waals surface area contributed by atoms with E-state index in [1.54, 1.807) is 0 Å². The van der Waals surface area contributed by atoms with E-state index in [1.165, 1.54) is 12.3 Å². The number of halogens is 2. The zero-order chi connectivity index (χ0) is 20.6. The van der Waals surface area contributed by atoms with Crippen molar-refractivity contribution in [2.45, 2.75) is 63.0 Å². The fraction of sp³-hybridized carbons (Fsp3) is 0.714. The van der Waals surface area contributed by atoms with Crippen molar-refractivity contribution < 1.29 is 26.7 Å². The van der Waals surface area contributed by atoms with E-state index in [2.05, 4.69) is 4.72 Å². The molecule has 0 radical (unpaired) electrons. The lowest BCUT2D eigenvalue weighted by molar-refractivity contribution is -0.0301. The van der Waals surface area contributed by atoms with Crippen molar-refractivity contribution in [3.63, 3.8) is 0 Å². The third-order valence-electron chi connectivity index (χ3n) is 6.70. The van der Waals surface area contributed by atoms with Crippen molar-refractivity contribution in [3.8, 4) is 5.75 Å². The predicted molar refractivity (Wildman–Crippen MR) is 105 cm³/mol. The molecule has 162 valence electrons. The average Bonchev–Trinajstić information content (AvgIpc) is 2.64. The maximum atomic E-state index is 14.6. The lowest BCUT2D eigenvalue weighted by Crippen LogP contribution is -2.48. The summed E-state index contributed by atoms with van der Waals surface area (Å²) >= 11 is 0. The Hall–Kier alpha value is -1.25. The normalized spacial score (nSPS) is 33.0. The smallest absolute Gasteiger partial charge is 0.208 e. The van der Waals surface area contributed by atoms with Crippen molar-refractivity contribution in [3.05, 3.63) is 29.3 Å². The fourth-order valence-electron chi connectivity index (χ4n) is 5.25. The molecule has 1 N–H and O–H groups in total. The Morgan fingerprint density at radius 3 is 2.52 bits per heavy atom. The first-order valence-corrected chi connectivity index (χ1v) is 12.4. The van der Waals surface area contributed by atoms with Crippen LogP contribution in [-0.4, -0.2) is 40.0 Å². The molecule has 1 unspecified atom stereocenters. The molecule has 0 saturated heterocycles. The summed E-state index contributed by atoms with van der Waals surface area (Å²) in [5.41, 5.74) is 0.611. The standard InChI is InChI=1S/C21H29F2NO4S/c1-29(25,26)24-20-4-2-3-14-11-28-21-17(9-15(22)10-19(21)23)13-5-7-16(8-6-13)27-12-18(14)20/h9-10,13-14,16,18,20,24H,2-8,11-12H2,1H3/t13?,14?,16?,18-,20+/m1/s1. The average molecular weight is 430 g/mol. The molecule has 0 spiro atoms. The van der Waals surface area contributed by atoms with E-state index in [1.807, 2.05) is 0 Å². The molecule has 5 nitrogen and oxygen atoms in total. The number of ether oxygens (including phenoxy) is 2. The molecule has 29 heavy (non-hydrogen) atoms. The molecule has 2 aliphatic carbocycles. The first kappa shape index (κ1) is 21.0. The van der Waals surface area contributed by atoms with Gasteiger partial charge in [0.15, 0.2) is 11.6 Å². The second-order valence-corrected chi connectivity index (χ2v) is 10.6. The van der Waals surface area contributed by atoms with Crippen molar-refractivity contribution in [2.24, 2.45) is 11.8 Å². The Labute approximate surface area is 171 Å². The summed E-state index contributed by atoms with van der Waals surface area (Å²) in [5.74, 6) is -1.01. The molecule has 1 aromatic carbocycles. The van der Waals surface area contributed by atoms with Crippen LogP contribution in [0.15, 0.2) is 12.1 Å². The van der Waals surface area contributed by atoms with E-state index >= 15 is 0 Å². The van der Waals surface area contributed by atoms with Crippen LogP contribution >= 0.6 is 0 Å². The van der Waals surface area contributed by atoms with Crippen molar-refractivity contribution in [1.82, 2.24) is 4.72 Å². The third kappa shape index (κ3) is 4.91. The zero-order valence-electron chi connectivity index (χ0n) is 16.7. The van der Waals surface area contributed by atoms with Crippen LogP contribution in [0.2, 0.25) is 0 Å². The van der Waals surface area contributed by atoms with Gasteiger partial charge in [-0.05, 0) is 56.4 Å². The Morgan fingerprint density at radius 2 is 1.79 bits per heavy atom. The summed E-state index contributed by atoms with van der Waals surface area (Å²) in [5, 5.41) is 0. The second kappa shape index (κ2) is 8.47. The topological polar surface area (TPSA) is 64.6 Å². The summed E-state index contributed by atoms with van der Waals surface area (Å²) in [4.78, 5) is 0. The van der Waals surface area contributed by atoms with Crippen LogP contribution in [-0.2, 0) is 14.8 Å². The molecule has 2 bridgehead atoms. The molecule has 0 aromatic heterocycles. The quantitative estimate of drug-likeness (QED) is 0.778. The first-order valence-electron chi connectivity index (χ1n) is 10.5. The Kier molecular flexibility index (Phi) is 6.14. The van der Waals surface area contributed by atoms with Gasteiger partial charge in [0.2, 0.25) is 10.0 Å². The van der Waals surface area contributed by atoms with Crippen LogP contribution < -0.4 is 9.46 Å². The molecule has 2 aliphatic heterocycles. The molecule has 4 aliphatic rings. The van der Waals surface area contributed by atoms with E-state index in [9.17, 15) is 17.2 Å². The molecule has 8 heteroatoms. The maximum absolute atomic E-state index is 14.6. The van der Waals surface area contributed by atoms with Gasteiger partial charge in [-0.1, -0.05) is 6.42 Å². The molecule has 1 aromatic rings. The SMILES string of the molecule is CS(=O)(=O)N[C@H]1CCCC2COc3c(F)cc(F)cc3C3CCC(CC3)OC[C@H]21. The van der Waals surface area contributed by atoms with Gasteiger partial charge in [-0.25, -0.2) is 21.9 Å². The van der Waals surface area contributed by atoms with Crippen molar-refractivity contribution >= 4 is 10.0 Å². The van der Waals surface area contributed by atoms with E-state index in [4.69, 9.17) is 9.47 Å². The highest BCUT2D eigenvalue weighted by Crippen LogP contribution is 2.42. The minimum atomic E-state index is -3.34. The first-order chi connectivity index (χ1) is 13.8. The number of fused-ring (bicyclic) bond motifs is 4. The number of rotatable bonds is 2. The number of hydrogen-bond donors (Lipinski definition) is 1. The van der Waals surface area contributed by atoms with E-state index in [-0.39, 0.29) is 42.3 Å². The second-order valence-electron chi connectivity index (χ2n) is 8.78. The number of benzene rings is 1. The summed E-state index contributed by atoms with van der Waals surface area (Å²) < 4.78 is 67.2. The Balaban J connectivity index is 1.65. The molecule has 3 atom stereocenters. The van der Waals surface area contributed by atoms with Gasteiger partial charge in [-0.15, -0.1) is 0 Å². The van der Waals surface area contributed by atoms with Gasteiger partial charge in [0, 0.05) is 23.6 Å². The third-order valence-corrected chi connectivity index (χ3v) is 7.43. The fourth-order valence-corrected chi connectivity index (χ4v) is 6.09. The summed E-state index contributed by atoms with van der Waals surface area (Å²) in [6.45, 7) is 0.734. The van der Waals surface area contributed by atoms with Crippen LogP contribution in [0.4, 0.5) is 8.78 Å². The van der Waals surface area contributed by atoms with E-state index in [0.717, 1.165) is 51.0 Å². The highest BCUT2D eigenvalue weighted by molar-refractivity contribution is 7.88. The van der Waals surface area contributed by atoms with Gasteiger partial charge in [0.25, 0.3) is 0 Å². The van der Waals surface area contributed by atoms with Crippen LogP contribution in [0.5, 0.6) is 5.75 Å². The van der Waals surface area contributed by atoms with E-state index < -0.39 is 21.7 Å². The molecule has 2 heterocycles. The van der Waals surface area contributed by atoms with Crippen molar-refractivity contribution in [2.75, 3.05) is 19.5 Å². The summed E-state index contributed by atoms with van der Waals surface area (Å²) in [6.07, 6.45) is 6.99. The van der Waals surface area contributed by atoms with Gasteiger partial charge in [-0.2, -0.15) is 0 Å². The number of nitrogens with one attached hydrogen (secondary N) is 1. The van der Waals surface area contributed by atoms with Gasteiger partial charge in [-0.3, -0.25) is 0 Å². The molecular formula is C21H29F2NO4S. The van der Waals surface area contributed by atoms with E-state index in [0.29, 0.717) is 12.2 Å². The molecule has 5 rings (SSSR count). The van der Waals surface area contributed by atoms with Crippen LogP contribution in [0.1, 0.15) is 56.4 Å². The Bertz CT molecular complexity index is 839. The van der Waals surface area contributed by atoms with Crippen LogP contribution in [0, 0.1) is 23.5 Å². The zero-order valence-corrected chi connectivity index (χ0v) is 17.5. The minimum absolute atomic E-state index is 0.0393. The highest BCUT2D eigenvalue weighted by atomic mass is 32.2. The van der Waals surface area contributed by atoms with Gasteiger partial charge >= 0.3 is 0 Å². The molecular weight excluding hydrogens is 400 g/mol. The summed E-state index contributed by atoms with van der Waals surface area (Å²) in [6, 6.07) is 2.07. The number of hydrogen-bond acceptors (Lipinski definition) is 4. The predicted octanol–water partition coefficient (Wildman–Crippen LogP) is 3.73. The highest BCUT2D eigenvalue weighted by Gasteiger charge is 2.37. The van der Waals surface area contributed by atoms with Crippen LogP contribution in [0.3, 0.4) is 0 Å². The largest absolute Gasteiger partial charge is 0.490 e. The Morgan fingerprint density at radius 1 is 1.03 bits per heavy atom. The van der Waals surface area contributed by atoms with Crippen LogP contribution in [0.25, 0.3) is 0 Å². The molecule has 2 fully saturated rings. The monoisotopic (exact) mass is 429 g/mol. The summed E-state index contributed by atoms with van der Waals surface area (Å²) in [7, 11) is -3.34. The number of sulfonamides is 1. The van der Waals surface area contributed by atoms with Gasteiger partial charge < -0.3 is 9.47 Å². The maximum Gasteiger partial charge on any atom is 0.208 e. The van der Waals surface area contributed by atoms with Gasteiger partial charge in [0.1, 0.15) is 5.82 Å². The van der Waals surface area contributed by atoms with Crippen molar-refractivity contribution in [1.29, 1.82) is 0 Å². The molecule has 0 amide bonds. The molecule has 2 saturated carbocycles.